The maximum atomic E-state index is 12.6. The fourth-order valence-corrected chi connectivity index (χ4v) is 2.60. The molecule has 0 aromatic carbocycles. The van der Waals surface area contributed by atoms with Crippen LogP contribution >= 0.6 is 12.6 Å². The number of carboxylic acids is 1. The van der Waals surface area contributed by atoms with E-state index in [-0.39, 0.29) is 24.0 Å². The molecule has 3 amide bonds. The number of hydrogen-bond donors (Lipinski definition) is 6. The van der Waals surface area contributed by atoms with Crippen molar-refractivity contribution in [3.63, 3.8) is 0 Å². The van der Waals surface area contributed by atoms with E-state index < -0.39 is 47.9 Å². The van der Waals surface area contributed by atoms with Gasteiger partial charge < -0.3 is 26.8 Å². The SMILES string of the molecule is CC(C)CC(NC(=O)C(CC(C)C)NC(=O)C(C)NC(=O)C(N)CS)C(=O)O. The van der Waals surface area contributed by atoms with Gasteiger partial charge in [0.1, 0.15) is 18.1 Å². The molecule has 0 aromatic rings. The third-order valence-corrected chi connectivity index (χ3v) is 4.34. The molecular formula is C18H34N4O5S. The number of nitrogens with two attached hydrogens (primary N) is 1. The molecule has 28 heavy (non-hydrogen) atoms. The van der Waals surface area contributed by atoms with Crippen LogP contribution in [-0.2, 0) is 19.2 Å². The molecule has 0 aliphatic heterocycles. The normalized spacial score (nSPS) is 15.5. The minimum Gasteiger partial charge on any atom is -0.480 e. The molecule has 0 radical (unpaired) electrons. The number of rotatable bonds is 12. The molecule has 0 aromatic heterocycles. The fraction of sp³-hybridized carbons (Fsp3) is 0.778. The molecule has 0 heterocycles. The van der Waals surface area contributed by atoms with Crippen LogP contribution in [0.3, 0.4) is 0 Å². The second-order valence-corrected chi connectivity index (χ2v) is 8.10. The minimum atomic E-state index is -1.13. The Kier molecular flexibility index (Phi) is 11.8. The molecule has 6 N–H and O–H groups in total. The molecule has 4 unspecified atom stereocenters. The third-order valence-electron chi connectivity index (χ3n) is 3.95. The Morgan fingerprint density at radius 2 is 1.29 bits per heavy atom. The van der Waals surface area contributed by atoms with Gasteiger partial charge in [-0.3, -0.25) is 14.4 Å². The molecule has 0 bridgehead atoms. The highest BCUT2D eigenvalue weighted by Gasteiger charge is 2.29. The molecule has 10 heteroatoms. The highest BCUT2D eigenvalue weighted by atomic mass is 32.1. The minimum absolute atomic E-state index is 0.0748. The largest absolute Gasteiger partial charge is 0.480 e. The van der Waals surface area contributed by atoms with Crippen LogP contribution in [0.1, 0.15) is 47.5 Å². The maximum Gasteiger partial charge on any atom is 0.326 e. The van der Waals surface area contributed by atoms with E-state index in [0.717, 1.165) is 0 Å². The Morgan fingerprint density at radius 1 is 0.821 bits per heavy atom. The van der Waals surface area contributed by atoms with Crippen LogP contribution in [0.25, 0.3) is 0 Å². The third kappa shape index (κ3) is 9.93. The maximum absolute atomic E-state index is 12.6. The number of hydrogen-bond acceptors (Lipinski definition) is 6. The van der Waals surface area contributed by atoms with Crippen LogP contribution in [0.5, 0.6) is 0 Å². The summed E-state index contributed by atoms with van der Waals surface area (Å²) in [6.07, 6.45) is 0.597. The van der Waals surface area contributed by atoms with Crippen molar-refractivity contribution >= 4 is 36.3 Å². The lowest BCUT2D eigenvalue weighted by Crippen LogP contribution is -2.56. The topological polar surface area (TPSA) is 151 Å². The van der Waals surface area contributed by atoms with Crippen LogP contribution in [0.4, 0.5) is 0 Å². The van der Waals surface area contributed by atoms with E-state index in [1.165, 1.54) is 6.92 Å². The first kappa shape index (κ1) is 26.2. The summed E-state index contributed by atoms with van der Waals surface area (Å²) >= 11 is 3.93. The van der Waals surface area contributed by atoms with Gasteiger partial charge in [0.05, 0.1) is 6.04 Å². The van der Waals surface area contributed by atoms with Gasteiger partial charge in [0.25, 0.3) is 0 Å². The van der Waals surface area contributed by atoms with E-state index in [9.17, 15) is 24.3 Å². The standard InChI is InChI=1S/C18H34N4O5S/c1-9(2)6-13(17(25)22-14(18(26)27)7-10(3)4)21-15(23)11(5)20-16(24)12(19)8-28/h9-14,28H,6-8,19H2,1-5H3,(H,20,24)(H,21,23)(H,22,25)(H,26,27). The second kappa shape index (κ2) is 12.6. The molecule has 4 atom stereocenters. The lowest BCUT2D eigenvalue weighted by atomic mass is 10.0. The van der Waals surface area contributed by atoms with Crippen molar-refractivity contribution in [2.45, 2.75) is 71.6 Å². The predicted octanol–water partition coefficient (Wildman–Crippen LogP) is -0.105. The molecule has 0 saturated heterocycles. The molecule has 0 saturated carbocycles. The number of carbonyl (C=O) groups excluding carboxylic acids is 3. The molecule has 0 rings (SSSR count). The number of carbonyl (C=O) groups is 4. The van der Waals surface area contributed by atoms with E-state index in [2.05, 4.69) is 28.6 Å². The first-order valence-electron chi connectivity index (χ1n) is 9.39. The number of amides is 3. The Bertz CT molecular complexity index is 556. The van der Waals surface area contributed by atoms with Gasteiger partial charge in [-0.15, -0.1) is 0 Å². The first-order valence-corrected chi connectivity index (χ1v) is 10.0. The number of carboxylic acid groups (broad SMARTS) is 1. The summed E-state index contributed by atoms with van der Waals surface area (Å²) in [4.78, 5) is 48.2. The van der Waals surface area contributed by atoms with Gasteiger partial charge in [0.2, 0.25) is 17.7 Å². The van der Waals surface area contributed by atoms with Crippen LogP contribution < -0.4 is 21.7 Å². The molecular weight excluding hydrogens is 384 g/mol. The Morgan fingerprint density at radius 3 is 1.71 bits per heavy atom. The molecule has 0 spiro atoms. The molecule has 0 aliphatic carbocycles. The van der Waals surface area contributed by atoms with Gasteiger partial charge in [0, 0.05) is 5.75 Å². The van der Waals surface area contributed by atoms with E-state index in [4.69, 9.17) is 5.73 Å². The average Bonchev–Trinajstić information content (AvgIpc) is 2.58. The van der Waals surface area contributed by atoms with Crippen LogP contribution in [0.15, 0.2) is 0 Å². The summed E-state index contributed by atoms with van der Waals surface area (Å²) in [5, 5.41) is 16.9. The average molecular weight is 419 g/mol. The summed E-state index contributed by atoms with van der Waals surface area (Å²) in [7, 11) is 0. The summed E-state index contributed by atoms with van der Waals surface area (Å²) in [5.74, 6) is -2.50. The first-order chi connectivity index (χ1) is 12.9. The zero-order chi connectivity index (χ0) is 22.0. The summed E-state index contributed by atoms with van der Waals surface area (Å²) in [5.41, 5.74) is 5.56. The van der Waals surface area contributed by atoms with Crippen molar-refractivity contribution in [1.29, 1.82) is 0 Å². The molecule has 162 valence electrons. The molecule has 9 nitrogen and oxygen atoms in total. The lowest BCUT2D eigenvalue weighted by Gasteiger charge is -2.25. The van der Waals surface area contributed by atoms with Gasteiger partial charge >= 0.3 is 5.97 Å². The van der Waals surface area contributed by atoms with Crippen LogP contribution in [0, 0.1) is 11.8 Å². The highest BCUT2D eigenvalue weighted by Crippen LogP contribution is 2.09. The van der Waals surface area contributed by atoms with E-state index in [0.29, 0.717) is 6.42 Å². The van der Waals surface area contributed by atoms with E-state index >= 15 is 0 Å². The summed E-state index contributed by atoms with van der Waals surface area (Å²) < 4.78 is 0. The van der Waals surface area contributed by atoms with Crippen LogP contribution in [0.2, 0.25) is 0 Å². The zero-order valence-electron chi connectivity index (χ0n) is 17.2. The van der Waals surface area contributed by atoms with E-state index in [1.807, 2.05) is 27.7 Å². The summed E-state index contributed by atoms with van der Waals surface area (Å²) in [6.45, 7) is 8.95. The number of aliphatic carboxylic acids is 1. The Labute approximate surface area is 172 Å². The van der Waals surface area contributed by atoms with Crippen LogP contribution in [-0.4, -0.2) is 58.7 Å². The predicted molar refractivity (Wildman–Crippen MR) is 110 cm³/mol. The fourth-order valence-electron chi connectivity index (χ4n) is 2.43. The van der Waals surface area contributed by atoms with Crippen molar-refractivity contribution in [2.75, 3.05) is 5.75 Å². The Hall–Kier alpha value is -1.81. The van der Waals surface area contributed by atoms with Crippen molar-refractivity contribution in [3.05, 3.63) is 0 Å². The molecule has 0 fully saturated rings. The number of thiol groups is 1. The molecule has 0 aliphatic rings. The van der Waals surface area contributed by atoms with Crippen molar-refractivity contribution in [2.24, 2.45) is 17.6 Å². The van der Waals surface area contributed by atoms with Gasteiger partial charge in [-0.25, -0.2) is 4.79 Å². The quantitative estimate of drug-likeness (QED) is 0.244. The van der Waals surface area contributed by atoms with Crippen molar-refractivity contribution < 1.29 is 24.3 Å². The van der Waals surface area contributed by atoms with Crippen molar-refractivity contribution in [3.8, 4) is 0 Å². The van der Waals surface area contributed by atoms with Gasteiger partial charge in [-0.1, -0.05) is 27.7 Å². The second-order valence-electron chi connectivity index (χ2n) is 7.74. The summed E-state index contributed by atoms with van der Waals surface area (Å²) in [6, 6.07) is -3.71. The smallest absolute Gasteiger partial charge is 0.326 e. The zero-order valence-corrected chi connectivity index (χ0v) is 18.1. The van der Waals surface area contributed by atoms with E-state index in [1.54, 1.807) is 0 Å². The van der Waals surface area contributed by atoms with Gasteiger partial charge in [-0.2, -0.15) is 12.6 Å². The van der Waals surface area contributed by atoms with Gasteiger partial charge in [0.15, 0.2) is 0 Å². The Balaban J connectivity index is 5.10. The monoisotopic (exact) mass is 418 g/mol. The number of nitrogens with one attached hydrogen (secondary N) is 3. The van der Waals surface area contributed by atoms with Gasteiger partial charge in [-0.05, 0) is 31.6 Å². The van der Waals surface area contributed by atoms with Crippen molar-refractivity contribution in [1.82, 2.24) is 16.0 Å². The highest BCUT2D eigenvalue weighted by molar-refractivity contribution is 7.80. The lowest BCUT2D eigenvalue weighted by molar-refractivity contribution is -0.143.